The Labute approximate surface area is 113 Å². The average Bonchev–Trinajstić information content (AvgIpc) is 2.38. The molecular formula is C14H19ClO3. The molecule has 1 heterocycles. The van der Waals surface area contributed by atoms with Crippen LogP contribution < -0.4 is 0 Å². The maximum atomic E-state index is 6.01. The van der Waals surface area contributed by atoms with Crippen molar-refractivity contribution < 1.29 is 14.2 Å². The van der Waals surface area contributed by atoms with Crippen molar-refractivity contribution in [2.45, 2.75) is 43.8 Å². The van der Waals surface area contributed by atoms with Gasteiger partial charge in [-0.25, -0.2) is 0 Å². The molecule has 1 aliphatic heterocycles. The molecule has 0 spiro atoms. The van der Waals surface area contributed by atoms with Crippen molar-refractivity contribution in [3.8, 4) is 0 Å². The average molecular weight is 271 g/mol. The van der Waals surface area contributed by atoms with Crippen LogP contribution in [0.4, 0.5) is 0 Å². The first-order chi connectivity index (χ1) is 8.70. The molecule has 1 fully saturated rings. The van der Waals surface area contributed by atoms with E-state index >= 15 is 0 Å². The minimum Gasteiger partial charge on any atom is -0.378 e. The molecule has 0 amide bonds. The number of methoxy groups -OCH3 is 1. The van der Waals surface area contributed by atoms with E-state index in [0.29, 0.717) is 13.0 Å². The largest absolute Gasteiger partial charge is 0.378 e. The lowest BCUT2D eigenvalue weighted by molar-refractivity contribution is -0.176. The molecular weight excluding hydrogens is 252 g/mol. The topological polar surface area (TPSA) is 27.7 Å². The summed E-state index contributed by atoms with van der Waals surface area (Å²) in [6.45, 7) is 2.53. The first-order valence-corrected chi connectivity index (χ1v) is 6.62. The number of halogens is 1. The molecule has 0 aliphatic carbocycles. The summed E-state index contributed by atoms with van der Waals surface area (Å²) in [6.07, 6.45) is 0.502. The van der Waals surface area contributed by atoms with Gasteiger partial charge in [0.2, 0.25) is 0 Å². The van der Waals surface area contributed by atoms with E-state index in [1.54, 1.807) is 7.11 Å². The molecule has 0 radical (unpaired) electrons. The second-order valence-corrected chi connectivity index (χ2v) is 5.01. The van der Waals surface area contributed by atoms with Crippen molar-refractivity contribution in [3.05, 3.63) is 35.9 Å². The third-order valence-corrected chi connectivity index (χ3v) is 3.48. The quantitative estimate of drug-likeness (QED) is 0.788. The van der Waals surface area contributed by atoms with Crippen LogP contribution in [-0.4, -0.2) is 31.0 Å². The Bertz CT molecular complexity index is 357. The van der Waals surface area contributed by atoms with Gasteiger partial charge in [-0.3, -0.25) is 0 Å². The SMILES string of the molecule is CO[C@H]1C[C@H](Cl)O[C@@H](C)[C@@H]1OCc1ccccc1. The molecule has 1 aliphatic rings. The van der Waals surface area contributed by atoms with Gasteiger partial charge in [-0.2, -0.15) is 0 Å². The summed E-state index contributed by atoms with van der Waals surface area (Å²) in [7, 11) is 1.69. The first-order valence-electron chi connectivity index (χ1n) is 6.18. The highest BCUT2D eigenvalue weighted by Gasteiger charge is 2.36. The summed E-state index contributed by atoms with van der Waals surface area (Å²) < 4.78 is 16.9. The van der Waals surface area contributed by atoms with Gasteiger partial charge in [0, 0.05) is 13.5 Å². The number of rotatable bonds is 4. The summed E-state index contributed by atoms with van der Waals surface area (Å²) in [5, 5.41) is 0. The first kappa shape index (κ1) is 13.8. The van der Waals surface area contributed by atoms with E-state index in [1.165, 1.54) is 0 Å². The molecule has 0 saturated carbocycles. The van der Waals surface area contributed by atoms with Crippen LogP contribution in [0.3, 0.4) is 0 Å². The monoisotopic (exact) mass is 270 g/mol. The molecule has 1 aromatic rings. The van der Waals surface area contributed by atoms with Crippen LogP contribution in [0.2, 0.25) is 0 Å². The highest BCUT2D eigenvalue weighted by atomic mass is 35.5. The third-order valence-electron chi connectivity index (χ3n) is 3.20. The number of alkyl halides is 1. The van der Waals surface area contributed by atoms with Crippen LogP contribution in [0.1, 0.15) is 18.9 Å². The molecule has 0 bridgehead atoms. The Balaban J connectivity index is 1.94. The van der Waals surface area contributed by atoms with Crippen molar-refractivity contribution in [2.75, 3.05) is 7.11 Å². The van der Waals surface area contributed by atoms with E-state index in [4.69, 9.17) is 25.8 Å². The Kier molecular flexibility index (Phi) is 5.01. The van der Waals surface area contributed by atoms with E-state index < -0.39 is 0 Å². The molecule has 100 valence electrons. The van der Waals surface area contributed by atoms with Crippen molar-refractivity contribution >= 4 is 11.6 Å². The molecule has 0 unspecified atom stereocenters. The highest BCUT2D eigenvalue weighted by Crippen LogP contribution is 2.27. The van der Waals surface area contributed by atoms with Gasteiger partial charge in [0.15, 0.2) is 0 Å². The van der Waals surface area contributed by atoms with Gasteiger partial charge in [-0.05, 0) is 12.5 Å². The zero-order valence-corrected chi connectivity index (χ0v) is 11.5. The third kappa shape index (κ3) is 3.45. The van der Waals surface area contributed by atoms with Crippen LogP contribution in [0.15, 0.2) is 30.3 Å². The van der Waals surface area contributed by atoms with Crippen molar-refractivity contribution in [2.24, 2.45) is 0 Å². The maximum absolute atomic E-state index is 6.01. The molecule has 0 aromatic heterocycles. The van der Waals surface area contributed by atoms with E-state index in [2.05, 4.69) is 0 Å². The minimum atomic E-state index is -0.290. The second-order valence-electron chi connectivity index (χ2n) is 4.52. The predicted molar refractivity (Wildman–Crippen MR) is 70.6 cm³/mol. The van der Waals surface area contributed by atoms with Gasteiger partial charge >= 0.3 is 0 Å². The summed E-state index contributed by atoms with van der Waals surface area (Å²) >= 11 is 6.01. The van der Waals surface area contributed by atoms with E-state index in [0.717, 1.165) is 5.56 Å². The molecule has 4 heteroatoms. The summed E-state index contributed by atoms with van der Waals surface area (Å²) in [6, 6.07) is 10.1. The fourth-order valence-electron chi connectivity index (χ4n) is 2.22. The Morgan fingerprint density at radius 1 is 1.33 bits per heavy atom. The summed E-state index contributed by atoms with van der Waals surface area (Å²) in [5.74, 6) is 0. The van der Waals surface area contributed by atoms with Gasteiger partial charge in [0.1, 0.15) is 11.7 Å². The zero-order chi connectivity index (χ0) is 13.0. The fourth-order valence-corrected chi connectivity index (χ4v) is 2.56. The minimum absolute atomic E-state index is 0.0139. The number of hydrogen-bond donors (Lipinski definition) is 0. The summed E-state index contributed by atoms with van der Waals surface area (Å²) in [4.78, 5) is 0. The van der Waals surface area contributed by atoms with Gasteiger partial charge in [0.05, 0.1) is 18.8 Å². The summed E-state index contributed by atoms with van der Waals surface area (Å²) in [5.41, 5.74) is 0.856. The number of benzene rings is 1. The van der Waals surface area contributed by atoms with Crippen LogP contribution in [0.5, 0.6) is 0 Å². The van der Waals surface area contributed by atoms with Crippen LogP contribution in [0, 0.1) is 0 Å². The number of ether oxygens (including phenoxy) is 3. The van der Waals surface area contributed by atoms with Gasteiger partial charge in [0.25, 0.3) is 0 Å². The lowest BCUT2D eigenvalue weighted by Crippen LogP contribution is -2.47. The molecule has 3 nitrogen and oxygen atoms in total. The van der Waals surface area contributed by atoms with Crippen molar-refractivity contribution in [1.82, 2.24) is 0 Å². The second kappa shape index (κ2) is 6.53. The van der Waals surface area contributed by atoms with Crippen molar-refractivity contribution in [3.63, 3.8) is 0 Å². The highest BCUT2D eigenvalue weighted by molar-refractivity contribution is 6.19. The molecule has 18 heavy (non-hydrogen) atoms. The van der Waals surface area contributed by atoms with Crippen molar-refractivity contribution in [1.29, 1.82) is 0 Å². The predicted octanol–water partition coefficient (Wildman–Crippen LogP) is 2.96. The van der Waals surface area contributed by atoms with E-state index in [1.807, 2.05) is 37.3 Å². The molecule has 1 saturated heterocycles. The standard InChI is InChI=1S/C14H19ClO3/c1-10-14(12(16-2)8-13(15)18-10)17-9-11-6-4-3-5-7-11/h3-7,10,12-14H,8-9H2,1-2H3/t10-,12-,13+,14-/m0/s1. The maximum Gasteiger partial charge on any atom is 0.134 e. The smallest absolute Gasteiger partial charge is 0.134 e. The Morgan fingerprint density at radius 3 is 2.72 bits per heavy atom. The molecule has 4 atom stereocenters. The van der Waals surface area contributed by atoms with E-state index in [-0.39, 0.29) is 23.9 Å². The van der Waals surface area contributed by atoms with Gasteiger partial charge < -0.3 is 14.2 Å². The molecule has 2 rings (SSSR count). The fraction of sp³-hybridized carbons (Fsp3) is 0.571. The Hall–Kier alpha value is -0.610. The molecule has 1 aromatic carbocycles. The van der Waals surface area contributed by atoms with Gasteiger partial charge in [-0.1, -0.05) is 41.9 Å². The van der Waals surface area contributed by atoms with E-state index in [9.17, 15) is 0 Å². The van der Waals surface area contributed by atoms with Crippen LogP contribution in [-0.2, 0) is 20.8 Å². The lowest BCUT2D eigenvalue weighted by atomic mass is 10.0. The number of hydrogen-bond acceptors (Lipinski definition) is 3. The van der Waals surface area contributed by atoms with Crippen LogP contribution >= 0.6 is 11.6 Å². The van der Waals surface area contributed by atoms with Gasteiger partial charge in [-0.15, -0.1) is 0 Å². The zero-order valence-electron chi connectivity index (χ0n) is 10.7. The lowest BCUT2D eigenvalue weighted by Gasteiger charge is -2.37. The molecule has 0 N–H and O–H groups in total. The van der Waals surface area contributed by atoms with Crippen LogP contribution in [0.25, 0.3) is 0 Å². The normalized spacial score (nSPS) is 32.4. The Morgan fingerprint density at radius 2 is 2.06 bits per heavy atom.